The minimum atomic E-state index is -0.786. The number of rotatable bonds is 8. The average molecular weight is 366 g/mol. The molecule has 0 atom stereocenters. The topological polar surface area (TPSA) is 46.2 Å². The van der Waals surface area contributed by atoms with Gasteiger partial charge in [-0.15, -0.1) is 0 Å². The Morgan fingerprint density at radius 3 is 1.37 bits per heavy atom. The summed E-state index contributed by atoms with van der Waals surface area (Å²) in [4.78, 5) is 0. The lowest BCUT2D eigenvalue weighted by molar-refractivity contribution is 0.000286. The van der Waals surface area contributed by atoms with E-state index in [1.165, 1.54) is 0 Å². The van der Waals surface area contributed by atoms with Crippen molar-refractivity contribution in [1.29, 1.82) is 0 Å². The van der Waals surface area contributed by atoms with E-state index in [9.17, 15) is 0 Å². The summed E-state index contributed by atoms with van der Waals surface area (Å²) in [6.07, 6.45) is -0.786. The van der Waals surface area contributed by atoms with Crippen LogP contribution in [0, 0.1) is 0 Å². The molecule has 0 aliphatic carbocycles. The van der Waals surface area contributed by atoms with E-state index in [1.807, 2.05) is 60.7 Å². The summed E-state index contributed by atoms with van der Waals surface area (Å²) in [5, 5.41) is 0. The third kappa shape index (κ3) is 4.44. The van der Waals surface area contributed by atoms with Gasteiger partial charge in [-0.25, -0.2) is 0 Å². The third-order valence-corrected chi connectivity index (χ3v) is 3.96. The van der Waals surface area contributed by atoms with Crippen molar-refractivity contribution in [2.45, 2.75) is 6.29 Å². The van der Waals surface area contributed by atoms with Crippen LogP contribution in [0.5, 0.6) is 28.7 Å². The van der Waals surface area contributed by atoms with E-state index in [2.05, 4.69) is 0 Å². The predicted molar refractivity (Wildman–Crippen MR) is 103 cm³/mol. The maximum absolute atomic E-state index is 6.14. The second kappa shape index (κ2) is 8.85. The largest absolute Gasteiger partial charge is 0.496 e. The molecule has 27 heavy (non-hydrogen) atoms. The monoisotopic (exact) mass is 366 g/mol. The first kappa shape index (κ1) is 18.5. The molecule has 0 aromatic heterocycles. The summed E-state index contributed by atoms with van der Waals surface area (Å²) in [5.74, 6) is 3.04. The molecule has 3 rings (SSSR count). The van der Waals surface area contributed by atoms with Crippen molar-refractivity contribution in [2.24, 2.45) is 0 Å². The number of benzene rings is 3. The molecule has 5 heteroatoms. The highest BCUT2D eigenvalue weighted by Gasteiger charge is 2.26. The average Bonchev–Trinajstić information content (AvgIpc) is 2.73. The van der Waals surface area contributed by atoms with Gasteiger partial charge in [-0.1, -0.05) is 36.4 Å². The fraction of sp³-hybridized carbons (Fsp3) is 0.182. The highest BCUT2D eigenvalue weighted by atomic mass is 16.7. The number of methoxy groups -OCH3 is 3. The van der Waals surface area contributed by atoms with Crippen LogP contribution in [0.2, 0.25) is 0 Å². The molecule has 0 radical (unpaired) electrons. The molecule has 3 aromatic carbocycles. The lowest BCUT2D eigenvalue weighted by atomic mass is 10.1. The van der Waals surface area contributed by atoms with Crippen molar-refractivity contribution in [3.8, 4) is 28.7 Å². The zero-order valence-corrected chi connectivity index (χ0v) is 15.5. The van der Waals surface area contributed by atoms with Crippen molar-refractivity contribution >= 4 is 0 Å². The minimum absolute atomic E-state index is 0.545. The first-order valence-electron chi connectivity index (χ1n) is 8.48. The Morgan fingerprint density at radius 2 is 1.00 bits per heavy atom. The van der Waals surface area contributed by atoms with Crippen LogP contribution in [-0.2, 0) is 0 Å². The van der Waals surface area contributed by atoms with Gasteiger partial charge in [0.25, 0.3) is 6.29 Å². The molecule has 140 valence electrons. The zero-order valence-electron chi connectivity index (χ0n) is 15.5. The van der Waals surface area contributed by atoms with Gasteiger partial charge >= 0.3 is 0 Å². The van der Waals surface area contributed by atoms with Crippen molar-refractivity contribution in [2.75, 3.05) is 21.3 Å². The molecule has 0 fully saturated rings. The second-order valence-corrected chi connectivity index (χ2v) is 5.64. The Hall–Kier alpha value is -3.34. The van der Waals surface area contributed by atoms with E-state index in [-0.39, 0.29) is 0 Å². The van der Waals surface area contributed by atoms with Gasteiger partial charge in [0.1, 0.15) is 34.3 Å². The van der Waals surface area contributed by atoms with Crippen LogP contribution < -0.4 is 23.7 Å². The second-order valence-electron chi connectivity index (χ2n) is 5.64. The van der Waals surface area contributed by atoms with E-state index in [0.717, 1.165) is 0 Å². The summed E-state index contributed by atoms with van der Waals surface area (Å²) in [6.45, 7) is 0. The van der Waals surface area contributed by atoms with Crippen molar-refractivity contribution in [3.63, 3.8) is 0 Å². The maximum atomic E-state index is 6.14. The van der Waals surface area contributed by atoms with E-state index in [4.69, 9.17) is 23.7 Å². The van der Waals surface area contributed by atoms with Crippen LogP contribution in [0.4, 0.5) is 0 Å². The summed E-state index contributed by atoms with van der Waals surface area (Å²) >= 11 is 0. The van der Waals surface area contributed by atoms with Crippen LogP contribution in [0.15, 0.2) is 72.8 Å². The normalized spacial score (nSPS) is 10.4. The molecule has 0 N–H and O–H groups in total. The SMILES string of the molecule is COc1cc(OC)c(C(Oc2ccccc2)Oc2ccccc2)c(OC)c1. The molecular formula is C22H22O5. The number of hydrogen-bond acceptors (Lipinski definition) is 5. The fourth-order valence-electron chi connectivity index (χ4n) is 2.65. The van der Waals surface area contributed by atoms with Gasteiger partial charge in [-0.3, -0.25) is 0 Å². The first-order chi connectivity index (χ1) is 13.2. The number of para-hydroxylation sites is 2. The Balaban J connectivity index is 2.06. The Kier molecular flexibility index (Phi) is 6.05. The van der Waals surface area contributed by atoms with Crippen molar-refractivity contribution in [1.82, 2.24) is 0 Å². The molecular weight excluding hydrogens is 344 g/mol. The van der Waals surface area contributed by atoms with Gasteiger partial charge in [0.2, 0.25) is 0 Å². The fourth-order valence-corrected chi connectivity index (χ4v) is 2.65. The lowest BCUT2D eigenvalue weighted by Gasteiger charge is -2.24. The quantitative estimate of drug-likeness (QED) is 0.532. The van der Waals surface area contributed by atoms with Gasteiger partial charge < -0.3 is 23.7 Å². The van der Waals surface area contributed by atoms with Gasteiger partial charge in [0.05, 0.1) is 21.3 Å². The summed E-state index contributed by atoms with van der Waals surface area (Å²) in [7, 11) is 4.76. The number of ether oxygens (including phenoxy) is 5. The molecule has 0 saturated heterocycles. The lowest BCUT2D eigenvalue weighted by Crippen LogP contribution is -2.17. The van der Waals surface area contributed by atoms with Crippen LogP contribution in [-0.4, -0.2) is 21.3 Å². The van der Waals surface area contributed by atoms with Crippen LogP contribution >= 0.6 is 0 Å². The highest BCUT2D eigenvalue weighted by Crippen LogP contribution is 2.40. The van der Waals surface area contributed by atoms with Crippen LogP contribution in [0.3, 0.4) is 0 Å². The van der Waals surface area contributed by atoms with E-state index in [0.29, 0.717) is 34.3 Å². The van der Waals surface area contributed by atoms with Gasteiger partial charge in [-0.05, 0) is 24.3 Å². The first-order valence-corrected chi connectivity index (χ1v) is 8.48. The van der Waals surface area contributed by atoms with E-state index >= 15 is 0 Å². The highest BCUT2D eigenvalue weighted by molar-refractivity contribution is 5.52. The molecule has 0 bridgehead atoms. The molecule has 0 unspecified atom stereocenters. The summed E-state index contributed by atoms with van der Waals surface area (Å²) in [6, 6.07) is 22.5. The molecule has 3 aromatic rings. The van der Waals surface area contributed by atoms with E-state index < -0.39 is 6.29 Å². The summed E-state index contributed by atoms with van der Waals surface area (Å²) < 4.78 is 28.7. The smallest absolute Gasteiger partial charge is 0.274 e. The molecule has 0 saturated carbocycles. The molecule has 0 spiro atoms. The maximum Gasteiger partial charge on any atom is 0.274 e. The van der Waals surface area contributed by atoms with Crippen molar-refractivity contribution < 1.29 is 23.7 Å². The van der Waals surface area contributed by atoms with Crippen molar-refractivity contribution in [3.05, 3.63) is 78.4 Å². The Bertz CT molecular complexity index is 783. The molecule has 0 aliphatic rings. The Morgan fingerprint density at radius 1 is 0.556 bits per heavy atom. The Labute approximate surface area is 159 Å². The third-order valence-electron chi connectivity index (χ3n) is 3.96. The predicted octanol–water partition coefficient (Wildman–Crippen LogP) is 4.87. The zero-order chi connectivity index (χ0) is 19.1. The minimum Gasteiger partial charge on any atom is -0.496 e. The van der Waals surface area contributed by atoms with Gasteiger partial charge in [0.15, 0.2) is 0 Å². The van der Waals surface area contributed by atoms with Crippen LogP contribution in [0.1, 0.15) is 11.9 Å². The molecule has 5 nitrogen and oxygen atoms in total. The molecule has 0 heterocycles. The standard InChI is InChI=1S/C22H22O5/c1-23-18-14-19(24-2)21(20(15-18)25-3)22(26-16-10-6-4-7-11-16)27-17-12-8-5-9-13-17/h4-15,22H,1-3H3. The summed E-state index contributed by atoms with van der Waals surface area (Å²) in [5.41, 5.74) is 0.633. The van der Waals surface area contributed by atoms with Gasteiger partial charge in [0, 0.05) is 12.1 Å². The van der Waals surface area contributed by atoms with Crippen LogP contribution in [0.25, 0.3) is 0 Å². The van der Waals surface area contributed by atoms with Gasteiger partial charge in [-0.2, -0.15) is 0 Å². The van der Waals surface area contributed by atoms with E-state index in [1.54, 1.807) is 33.5 Å². The number of hydrogen-bond donors (Lipinski definition) is 0. The molecule has 0 amide bonds. The molecule has 0 aliphatic heterocycles.